The Kier molecular flexibility index (Phi) is 4.21. The van der Waals surface area contributed by atoms with Gasteiger partial charge in [0, 0.05) is 52.1 Å². The molecule has 1 aromatic rings. The number of aromatic nitrogens is 3. The number of hydrogen-bond acceptors (Lipinski definition) is 5. The Bertz CT molecular complexity index is 507. The lowest BCUT2D eigenvalue weighted by atomic mass is 9.98. The van der Waals surface area contributed by atoms with E-state index < -0.39 is 5.97 Å². The lowest BCUT2D eigenvalue weighted by Crippen LogP contribution is -2.45. The van der Waals surface area contributed by atoms with Crippen LogP contribution in [-0.2, 0) is 24.2 Å². The van der Waals surface area contributed by atoms with Crippen LogP contribution >= 0.6 is 0 Å². The largest absolute Gasteiger partial charge is 0.481 e. The number of fused-ring (bicyclic) bond motifs is 1. The van der Waals surface area contributed by atoms with Gasteiger partial charge in [-0.15, -0.1) is 10.2 Å². The molecule has 7 heteroatoms. The summed E-state index contributed by atoms with van der Waals surface area (Å²) < 4.78 is 2.12. The lowest BCUT2D eigenvalue weighted by Gasteiger charge is -2.32. The minimum Gasteiger partial charge on any atom is -0.481 e. The Morgan fingerprint density at radius 1 is 1.24 bits per heavy atom. The van der Waals surface area contributed by atoms with E-state index >= 15 is 0 Å². The van der Waals surface area contributed by atoms with Gasteiger partial charge in [0.1, 0.15) is 11.6 Å². The van der Waals surface area contributed by atoms with Crippen LogP contribution < -0.4 is 0 Å². The molecule has 0 aromatic carbocycles. The summed E-state index contributed by atoms with van der Waals surface area (Å²) in [6.07, 6.45) is 2.09. The van der Waals surface area contributed by atoms with Crippen molar-refractivity contribution < 1.29 is 9.90 Å². The molecule has 2 aliphatic rings. The average Bonchev–Trinajstić information content (AvgIpc) is 2.89. The highest BCUT2D eigenvalue weighted by Gasteiger charge is 2.27. The van der Waals surface area contributed by atoms with E-state index in [1.165, 1.54) is 0 Å². The summed E-state index contributed by atoms with van der Waals surface area (Å²) in [4.78, 5) is 15.9. The normalized spacial score (nSPS) is 24.0. The second kappa shape index (κ2) is 6.11. The Morgan fingerprint density at radius 2 is 2.00 bits per heavy atom. The fraction of sp³-hybridized carbons (Fsp3) is 0.786. The molecule has 116 valence electrons. The quantitative estimate of drug-likeness (QED) is 0.822. The second-order valence-electron chi connectivity index (χ2n) is 6.11. The van der Waals surface area contributed by atoms with Gasteiger partial charge >= 0.3 is 5.97 Å². The van der Waals surface area contributed by atoms with Crippen molar-refractivity contribution in [1.29, 1.82) is 0 Å². The van der Waals surface area contributed by atoms with E-state index in [9.17, 15) is 4.79 Å². The van der Waals surface area contributed by atoms with Gasteiger partial charge in [0.05, 0.1) is 5.92 Å². The topological polar surface area (TPSA) is 74.5 Å². The molecule has 1 saturated heterocycles. The number of carboxylic acids is 1. The predicted octanol–water partition coefficient (Wildman–Crippen LogP) is -0.285. The molecule has 1 fully saturated rings. The number of hydrogen-bond donors (Lipinski definition) is 1. The maximum atomic E-state index is 11.1. The second-order valence-corrected chi connectivity index (χ2v) is 6.11. The van der Waals surface area contributed by atoms with Gasteiger partial charge in [-0.3, -0.25) is 4.79 Å². The number of carboxylic acid groups (broad SMARTS) is 1. The monoisotopic (exact) mass is 293 g/mol. The third-order valence-electron chi connectivity index (χ3n) is 4.63. The number of carbonyl (C=O) groups is 1. The molecule has 21 heavy (non-hydrogen) atoms. The minimum absolute atomic E-state index is 0.299. The fourth-order valence-electron chi connectivity index (χ4n) is 3.11. The van der Waals surface area contributed by atoms with Crippen molar-refractivity contribution in [3.63, 3.8) is 0 Å². The van der Waals surface area contributed by atoms with Crippen LogP contribution in [0.2, 0.25) is 0 Å². The van der Waals surface area contributed by atoms with Gasteiger partial charge < -0.3 is 19.5 Å². The van der Waals surface area contributed by atoms with Crippen molar-refractivity contribution >= 4 is 5.97 Å². The third-order valence-corrected chi connectivity index (χ3v) is 4.63. The summed E-state index contributed by atoms with van der Waals surface area (Å²) in [5.74, 6) is 0.824. The van der Waals surface area contributed by atoms with Crippen LogP contribution in [0.3, 0.4) is 0 Å². The maximum Gasteiger partial charge on any atom is 0.307 e. The lowest BCUT2D eigenvalue weighted by molar-refractivity contribution is -0.142. The van der Waals surface area contributed by atoms with Gasteiger partial charge in [-0.1, -0.05) is 0 Å². The highest BCUT2D eigenvalue weighted by molar-refractivity contribution is 5.70. The van der Waals surface area contributed by atoms with E-state index in [2.05, 4.69) is 31.6 Å². The minimum atomic E-state index is -0.719. The summed E-state index contributed by atoms with van der Waals surface area (Å²) in [6, 6.07) is 0. The van der Waals surface area contributed by atoms with Gasteiger partial charge in [-0.2, -0.15) is 0 Å². The van der Waals surface area contributed by atoms with Crippen LogP contribution in [0, 0.1) is 5.92 Å². The molecule has 0 radical (unpaired) electrons. The Hall–Kier alpha value is -1.47. The van der Waals surface area contributed by atoms with Crippen LogP contribution in [-0.4, -0.2) is 75.4 Å². The van der Waals surface area contributed by atoms with Gasteiger partial charge in [0.2, 0.25) is 0 Å². The first-order valence-electron chi connectivity index (χ1n) is 7.68. The van der Waals surface area contributed by atoms with Crippen molar-refractivity contribution in [2.45, 2.75) is 25.8 Å². The van der Waals surface area contributed by atoms with E-state index in [-0.39, 0.29) is 5.92 Å². The highest BCUT2D eigenvalue weighted by atomic mass is 16.4. The SMILES string of the molecule is CN1CCN(CCc2nnc3n2CCC(C(=O)O)C3)CC1. The molecule has 7 nitrogen and oxygen atoms in total. The molecule has 0 amide bonds. The summed E-state index contributed by atoms with van der Waals surface area (Å²) >= 11 is 0. The maximum absolute atomic E-state index is 11.1. The van der Waals surface area contributed by atoms with Crippen LogP contribution in [0.1, 0.15) is 18.1 Å². The van der Waals surface area contributed by atoms with Gasteiger partial charge in [0.15, 0.2) is 0 Å². The van der Waals surface area contributed by atoms with Crippen molar-refractivity contribution in [1.82, 2.24) is 24.6 Å². The molecule has 0 saturated carbocycles. The van der Waals surface area contributed by atoms with E-state index in [0.29, 0.717) is 12.8 Å². The van der Waals surface area contributed by atoms with Crippen LogP contribution in [0.4, 0.5) is 0 Å². The zero-order valence-corrected chi connectivity index (χ0v) is 12.5. The van der Waals surface area contributed by atoms with Crippen LogP contribution in [0.15, 0.2) is 0 Å². The molecule has 0 spiro atoms. The number of likely N-dealkylation sites (N-methyl/N-ethyl adjacent to an activating group) is 1. The van der Waals surface area contributed by atoms with Crippen LogP contribution in [0.5, 0.6) is 0 Å². The van der Waals surface area contributed by atoms with E-state index in [1.54, 1.807) is 0 Å². The predicted molar refractivity (Wildman–Crippen MR) is 77.1 cm³/mol. The Labute approximate surface area is 124 Å². The van der Waals surface area contributed by atoms with E-state index in [1.807, 2.05) is 0 Å². The molecule has 1 aromatic heterocycles. The van der Waals surface area contributed by atoms with Gasteiger partial charge in [-0.25, -0.2) is 0 Å². The number of aliphatic carboxylic acids is 1. The molecule has 1 atom stereocenters. The molecule has 3 heterocycles. The van der Waals surface area contributed by atoms with Crippen molar-refractivity contribution in [3.8, 4) is 0 Å². The van der Waals surface area contributed by atoms with E-state index in [0.717, 1.165) is 57.3 Å². The zero-order valence-electron chi connectivity index (χ0n) is 12.5. The third kappa shape index (κ3) is 3.24. The van der Waals surface area contributed by atoms with Gasteiger partial charge in [0.25, 0.3) is 0 Å². The van der Waals surface area contributed by atoms with E-state index in [4.69, 9.17) is 5.11 Å². The fourth-order valence-corrected chi connectivity index (χ4v) is 3.11. The molecule has 2 aliphatic heterocycles. The molecule has 1 N–H and O–H groups in total. The zero-order chi connectivity index (χ0) is 14.8. The Morgan fingerprint density at radius 3 is 2.71 bits per heavy atom. The molecular weight excluding hydrogens is 270 g/mol. The standard InChI is InChI=1S/C14H23N5O2/c1-17-6-8-18(9-7-17)4-3-12-15-16-13-10-11(14(20)21)2-5-19(12)13/h11H,2-10H2,1H3,(H,20,21). The first kappa shape index (κ1) is 14.5. The number of rotatable bonds is 4. The molecule has 0 bridgehead atoms. The summed E-state index contributed by atoms with van der Waals surface area (Å²) in [5, 5.41) is 17.6. The number of piperazine rings is 1. The molecule has 3 rings (SSSR count). The Balaban J connectivity index is 1.57. The van der Waals surface area contributed by atoms with Gasteiger partial charge in [-0.05, 0) is 13.5 Å². The smallest absolute Gasteiger partial charge is 0.307 e. The summed E-state index contributed by atoms with van der Waals surface area (Å²) in [5.41, 5.74) is 0. The highest BCUT2D eigenvalue weighted by Crippen LogP contribution is 2.20. The summed E-state index contributed by atoms with van der Waals surface area (Å²) in [7, 11) is 2.16. The number of nitrogens with zero attached hydrogens (tertiary/aromatic N) is 5. The van der Waals surface area contributed by atoms with Crippen molar-refractivity contribution in [2.75, 3.05) is 39.8 Å². The molecule has 0 aliphatic carbocycles. The van der Waals surface area contributed by atoms with Crippen molar-refractivity contribution in [3.05, 3.63) is 11.6 Å². The molecule has 1 unspecified atom stereocenters. The summed E-state index contributed by atoms with van der Waals surface area (Å²) in [6.45, 7) is 6.21. The first-order valence-corrected chi connectivity index (χ1v) is 7.68. The van der Waals surface area contributed by atoms with Crippen LogP contribution in [0.25, 0.3) is 0 Å². The first-order chi connectivity index (χ1) is 10.1. The van der Waals surface area contributed by atoms with Crippen molar-refractivity contribution in [2.24, 2.45) is 5.92 Å². The average molecular weight is 293 g/mol. The molecular formula is C14H23N5O2.